The van der Waals surface area contributed by atoms with E-state index in [-0.39, 0.29) is 11.4 Å². The minimum absolute atomic E-state index is 0.241. The second-order valence-corrected chi connectivity index (χ2v) is 4.52. The molecule has 2 rings (SSSR count). The van der Waals surface area contributed by atoms with Gasteiger partial charge in [0.2, 0.25) is 0 Å². The third-order valence-corrected chi connectivity index (χ3v) is 3.27. The molecule has 0 aromatic carbocycles. The number of carbonyl (C=O) groups excluding carboxylic acids is 1. The lowest BCUT2D eigenvalue weighted by molar-refractivity contribution is -0.117. The summed E-state index contributed by atoms with van der Waals surface area (Å²) in [6, 6.07) is 0. The van der Waals surface area contributed by atoms with Crippen LogP contribution in [0.2, 0.25) is 0 Å². The van der Waals surface area contributed by atoms with Gasteiger partial charge in [0.1, 0.15) is 5.78 Å². The standard InChI is InChI=1S/C10H17NO2/c1-8(12)2-4-11-5-3-9-6-10(9,13)7-11/h9,13H,2-7H2,1H3/t9-,10+/m1/s1. The summed E-state index contributed by atoms with van der Waals surface area (Å²) in [7, 11) is 0. The van der Waals surface area contributed by atoms with Crippen molar-refractivity contribution >= 4 is 5.78 Å². The summed E-state index contributed by atoms with van der Waals surface area (Å²) in [4.78, 5) is 13.0. The number of rotatable bonds is 3. The summed E-state index contributed by atoms with van der Waals surface area (Å²) in [6.07, 6.45) is 2.71. The molecule has 0 unspecified atom stereocenters. The van der Waals surface area contributed by atoms with Crippen LogP contribution in [0, 0.1) is 5.92 Å². The van der Waals surface area contributed by atoms with Crippen molar-refractivity contribution in [3.8, 4) is 0 Å². The van der Waals surface area contributed by atoms with Gasteiger partial charge in [0, 0.05) is 19.5 Å². The normalized spacial score (nSPS) is 38.5. The van der Waals surface area contributed by atoms with Crippen molar-refractivity contribution in [3.05, 3.63) is 0 Å². The Morgan fingerprint density at radius 2 is 2.46 bits per heavy atom. The lowest BCUT2D eigenvalue weighted by Gasteiger charge is -2.29. The number of fused-ring (bicyclic) bond motifs is 1. The molecule has 0 radical (unpaired) electrons. The van der Waals surface area contributed by atoms with Gasteiger partial charge in [0.05, 0.1) is 5.60 Å². The molecule has 1 heterocycles. The molecule has 1 aliphatic heterocycles. The highest BCUT2D eigenvalue weighted by Gasteiger charge is 2.55. The number of piperidine rings is 1. The number of likely N-dealkylation sites (tertiary alicyclic amines) is 1. The van der Waals surface area contributed by atoms with Gasteiger partial charge in [-0.15, -0.1) is 0 Å². The fraction of sp³-hybridized carbons (Fsp3) is 0.900. The summed E-state index contributed by atoms with van der Waals surface area (Å²) in [5.41, 5.74) is -0.380. The number of nitrogens with zero attached hydrogens (tertiary/aromatic N) is 1. The smallest absolute Gasteiger partial charge is 0.131 e. The molecule has 2 aliphatic rings. The quantitative estimate of drug-likeness (QED) is 0.689. The molecule has 74 valence electrons. The molecular weight excluding hydrogens is 166 g/mol. The Bertz CT molecular complexity index is 229. The van der Waals surface area contributed by atoms with E-state index < -0.39 is 0 Å². The van der Waals surface area contributed by atoms with E-state index in [1.54, 1.807) is 6.92 Å². The van der Waals surface area contributed by atoms with Gasteiger partial charge in [0.15, 0.2) is 0 Å². The molecule has 1 aliphatic carbocycles. The highest BCUT2D eigenvalue weighted by Crippen LogP contribution is 2.48. The zero-order chi connectivity index (χ0) is 9.47. The maximum atomic E-state index is 10.8. The van der Waals surface area contributed by atoms with Crippen LogP contribution in [-0.2, 0) is 4.79 Å². The summed E-state index contributed by atoms with van der Waals surface area (Å²) in [6.45, 7) is 4.29. The van der Waals surface area contributed by atoms with Crippen LogP contribution in [0.4, 0.5) is 0 Å². The van der Waals surface area contributed by atoms with E-state index in [0.717, 1.165) is 32.5 Å². The first kappa shape index (κ1) is 9.16. The van der Waals surface area contributed by atoms with Gasteiger partial charge in [-0.25, -0.2) is 0 Å². The number of aliphatic hydroxyl groups is 1. The van der Waals surface area contributed by atoms with Crippen molar-refractivity contribution in [3.63, 3.8) is 0 Å². The zero-order valence-corrected chi connectivity index (χ0v) is 8.12. The second-order valence-electron chi connectivity index (χ2n) is 4.52. The molecule has 0 amide bonds. The fourth-order valence-corrected chi connectivity index (χ4v) is 2.24. The van der Waals surface area contributed by atoms with Crippen LogP contribution in [0.1, 0.15) is 26.2 Å². The SMILES string of the molecule is CC(=O)CCN1CC[C@@H]2C[C@]2(O)C1. The van der Waals surface area contributed by atoms with E-state index in [9.17, 15) is 9.90 Å². The number of ketones is 1. The first-order valence-corrected chi connectivity index (χ1v) is 5.04. The van der Waals surface area contributed by atoms with Crippen molar-refractivity contribution < 1.29 is 9.90 Å². The zero-order valence-electron chi connectivity index (χ0n) is 8.12. The number of β-amino-alcohol motifs (C(OH)–C–C–N with tert-alkyl or cyclic N) is 1. The second kappa shape index (κ2) is 3.07. The van der Waals surface area contributed by atoms with Gasteiger partial charge >= 0.3 is 0 Å². The van der Waals surface area contributed by atoms with Gasteiger partial charge in [-0.1, -0.05) is 0 Å². The average Bonchev–Trinajstić information content (AvgIpc) is 2.71. The number of Topliss-reactive ketones (excluding diaryl/α,β-unsaturated/α-hetero) is 1. The summed E-state index contributed by atoms with van der Waals surface area (Å²) in [5.74, 6) is 0.797. The van der Waals surface area contributed by atoms with Crippen LogP contribution >= 0.6 is 0 Å². The molecule has 3 heteroatoms. The van der Waals surface area contributed by atoms with E-state index in [0.29, 0.717) is 12.3 Å². The molecule has 0 aromatic heterocycles. The van der Waals surface area contributed by atoms with Gasteiger partial charge in [-0.05, 0) is 32.2 Å². The highest BCUT2D eigenvalue weighted by molar-refractivity contribution is 5.75. The van der Waals surface area contributed by atoms with E-state index in [2.05, 4.69) is 4.90 Å². The Hall–Kier alpha value is -0.410. The summed E-state index contributed by atoms with van der Waals surface area (Å²) >= 11 is 0. The van der Waals surface area contributed by atoms with Crippen LogP contribution in [0.25, 0.3) is 0 Å². The maximum Gasteiger partial charge on any atom is 0.131 e. The lowest BCUT2D eigenvalue weighted by Crippen LogP contribution is -2.40. The molecule has 2 atom stereocenters. The maximum absolute atomic E-state index is 10.8. The molecule has 13 heavy (non-hydrogen) atoms. The van der Waals surface area contributed by atoms with E-state index >= 15 is 0 Å². The Balaban J connectivity index is 1.78. The summed E-state index contributed by atoms with van der Waals surface area (Å²) < 4.78 is 0. The predicted molar refractivity (Wildman–Crippen MR) is 49.4 cm³/mol. The first-order chi connectivity index (χ1) is 6.10. The molecule has 0 aromatic rings. The van der Waals surface area contributed by atoms with Crippen molar-refractivity contribution in [1.29, 1.82) is 0 Å². The molecule has 0 bridgehead atoms. The van der Waals surface area contributed by atoms with E-state index in [1.807, 2.05) is 0 Å². The van der Waals surface area contributed by atoms with Crippen molar-refractivity contribution in [2.45, 2.75) is 31.8 Å². The van der Waals surface area contributed by atoms with Crippen molar-refractivity contribution in [1.82, 2.24) is 4.90 Å². The molecule has 0 spiro atoms. The van der Waals surface area contributed by atoms with Crippen LogP contribution in [0.5, 0.6) is 0 Å². The summed E-state index contributed by atoms with van der Waals surface area (Å²) in [5, 5.41) is 9.86. The van der Waals surface area contributed by atoms with E-state index in [1.165, 1.54) is 0 Å². The lowest BCUT2D eigenvalue weighted by atomic mass is 10.1. The largest absolute Gasteiger partial charge is 0.388 e. The van der Waals surface area contributed by atoms with Crippen LogP contribution < -0.4 is 0 Å². The number of carbonyl (C=O) groups is 1. The van der Waals surface area contributed by atoms with Gasteiger partial charge < -0.3 is 10.0 Å². The van der Waals surface area contributed by atoms with Gasteiger partial charge in [-0.2, -0.15) is 0 Å². The monoisotopic (exact) mass is 183 g/mol. The molecule has 2 fully saturated rings. The number of hydrogen-bond acceptors (Lipinski definition) is 3. The van der Waals surface area contributed by atoms with Gasteiger partial charge in [0.25, 0.3) is 0 Å². The van der Waals surface area contributed by atoms with Crippen molar-refractivity contribution in [2.24, 2.45) is 5.92 Å². The topological polar surface area (TPSA) is 40.5 Å². The third kappa shape index (κ3) is 1.92. The van der Waals surface area contributed by atoms with Gasteiger partial charge in [-0.3, -0.25) is 4.79 Å². The van der Waals surface area contributed by atoms with Crippen molar-refractivity contribution in [2.75, 3.05) is 19.6 Å². The molecular formula is C10H17NO2. The van der Waals surface area contributed by atoms with E-state index in [4.69, 9.17) is 0 Å². The Kier molecular flexibility index (Phi) is 2.16. The third-order valence-electron chi connectivity index (χ3n) is 3.27. The Morgan fingerprint density at radius 3 is 3.08 bits per heavy atom. The molecule has 1 N–H and O–H groups in total. The van der Waals surface area contributed by atoms with Crippen LogP contribution in [0.3, 0.4) is 0 Å². The predicted octanol–water partition coefficient (Wildman–Crippen LogP) is 0.422. The number of hydrogen-bond donors (Lipinski definition) is 1. The molecule has 1 saturated carbocycles. The van der Waals surface area contributed by atoms with Crippen LogP contribution in [0.15, 0.2) is 0 Å². The first-order valence-electron chi connectivity index (χ1n) is 5.04. The Morgan fingerprint density at radius 1 is 1.69 bits per heavy atom. The average molecular weight is 183 g/mol. The molecule has 1 saturated heterocycles. The van der Waals surface area contributed by atoms with Crippen LogP contribution in [-0.4, -0.2) is 41.0 Å². The Labute approximate surface area is 78.7 Å². The minimum atomic E-state index is -0.380. The molecule has 3 nitrogen and oxygen atoms in total. The highest BCUT2D eigenvalue weighted by atomic mass is 16.3. The fourth-order valence-electron chi connectivity index (χ4n) is 2.24. The minimum Gasteiger partial charge on any atom is -0.388 e.